The molecule has 1 aromatic rings. The van der Waals surface area contributed by atoms with E-state index in [1.807, 2.05) is 6.07 Å². The quantitative estimate of drug-likeness (QED) is 0.874. The van der Waals surface area contributed by atoms with Crippen molar-refractivity contribution in [3.8, 4) is 0 Å². The summed E-state index contributed by atoms with van der Waals surface area (Å²) in [6.45, 7) is 0. The second kappa shape index (κ2) is 5.28. The number of carbonyl (C=O) groups is 2. The number of thiophene rings is 1. The molecular formula is C12H14ClNO3S. The summed E-state index contributed by atoms with van der Waals surface area (Å²) in [5.41, 5.74) is -0.524. The Hall–Kier alpha value is -1.07. The topological polar surface area (TPSA) is 66.4 Å². The minimum absolute atomic E-state index is 0.00391. The molecule has 0 aromatic carbocycles. The Morgan fingerprint density at radius 2 is 2.17 bits per heavy atom. The second-order valence-electron chi connectivity index (χ2n) is 4.64. The summed E-state index contributed by atoms with van der Waals surface area (Å²) in [6.07, 6.45) is 2.73. The third-order valence-electron chi connectivity index (χ3n) is 3.17. The second-order valence-corrected chi connectivity index (χ2v) is 6.43. The van der Waals surface area contributed by atoms with Crippen LogP contribution in [0, 0.1) is 0 Å². The van der Waals surface area contributed by atoms with Gasteiger partial charge in [0.2, 0.25) is 5.91 Å². The van der Waals surface area contributed by atoms with Gasteiger partial charge in [-0.2, -0.15) is 0 Å². The molecule has 0 atom stereocenters. The van der Waals surface area contributed by atoms with Gasteiger partial charge in [0.1, 0.15) is 0 Å². The predicted molar refractivity (Wildman–Crippen MR) is 70.0 cm³/mol. The highest BCUT2D eigenvalue weighted by Crippen LogP contribution is 2.35. The fourth-order valence-corrected chi connectivity index (χ4v) is 3.27. The van der Waals surface area contributed by atoms with E-state index < -0.39 is 11.5 Å². The van der Waals surface area contributed by atoms with Crippen molar-refractivity contribution in [3.63, 3.8) is 0 Å². The van der Waals surface area contributed by atoms with Crippen LogP contribution in [0.1, 0.15) is 30.6 Å². The van der Waals surface area contributed by atoms with Crippen molar-refractivity contribution in [3.05, 3.63) is 21.3 Å². The first kappa shape index (κ1) is 13.4. The molecule has 6 heteroatoms. The number of halogens is 1. The normalized spacial score (nSPS) is 16.9. The zero-order chi connectivity index (χ0) is 13.2. The van der Waals surface area contributed by atoms with E-state index in [4.69, 9.17) is 16.7 Å². The van der Waals surface area contributed by atoms with Gasteiger partial charge in [-0.3, -0.25) is 9.59 Å². The van der Waals surface area contributed by atoms with Crippen molar-refractivity contribution in [2.24, 2.45) is 0 Å². The van der Waals surface area contributed by atoms with Gasteiger partial charge in [-0.25, -0.2) is 0 Å². The number of rotatable bonds is 5. The largest absolute Gasteiger partial charge is 0.481 e. The SMILES string of the molecule is O=C(O)CC1(NC(=O)Cc2ccc(Cl)s2)CCC1. The molecule has 1 aliphatic carbocycles. The van der Waals surface area contributed by atoms with Gasteiger partial charge in [0.05, 0.1) is 22.7 Å². The highest BCUT2D eigenvalue weighted by atomic mass is 35.5. The Balaban J connectivity index is 1.91. The smallest absolute Gasteiger partial charge is 0.305 e. The number of carboxylic acids is 1. The number of nitrogens with one attached hydrogen (secondary N) is 1. The summed E-state index contributed by atoms with van der Waals surface area (Å²) >= 11 is 7.16. The average molecular weight is 288 g/mol. The number of amides is 1. The zero-order valence-electron chi connectivity index (χ0n) is 9.74. The van der Waals surface area contributed by atoms with Crippen molar-refractivity contribution >= 4 is 34.8 Å². The lowest BCUT2D eigenvalue weighted by Gasteiger charge is -2.41. The van der Waals surface area contributed by atoms with Gasteiger partial charge in [0, 0.05) is 4.88 Å². The van der Waals surface area contributed by atoms with Gasteiger partial charge in [-0.15, -0.1) is 11.3 Å². The predicted octanol–water partition coefficient (Wildman–Crippen LogP) is 2.46. The molecule has 1 heterocycles. The van der Waals surface area contributed by atoms with Gasteiger partial charge in [0.15, 0.2) is 0 Å². The summed E-state index contributed by atoms with van der Waals surface area (Å²) in [4.78, 5) is 23.5. The maximum Gasteiger partial charge on any atom is 0.305 e. The molecule has 1 fully saturated rings. The molecule has 1 saturated carbocycles. The molecule has 2 N–H and O–H groups in total. The third-order valence-corrected chi connectivity index (χ3v) is 4.40. The van der Waals surface area contributed by atoms with Crippen LogP contribution in [0.2, 0.25) is 4.34 Å². The minimum atomic E-state index is -0.867. The van der Waals surface area contributed by atoms with E-state index in [-0.39, 0.29) is 18.7 Å². The number of carbonyl (C=O) groups excluding carboxylic acids is 1. The highest BCUT2D eigenvalue weighted by Gasteiger charge is 2.40. The molecule has 0 unspecified atom stereocenters. The van der Waals surface area contributed by atoms with E-state index in [9.17, 15) is 9.59 Å². The maximum absolute atomic E-state index is 11.9. The molecule has 4 nitrogen and oxygen atoms in total. The Bertz CT molecular complexity index is 468. The minimum Gasteiger partial charge on any atom is -0.481 e. The Kier molecular flexibility index (Phi) is 3.92. The molecule has 0 bridgehead atoms. The van der Waals surface area contributed by atoms with Gasteiger partial charge < -0.3 is 10.4 Å². The third kappa shape index (κ3) is 3.23. The summed E-state index contributed by atoms with van der Waals surface area (Å²) < 4.78 is 0.654. The molecule has 0 saturated heterocycles. The van der Waals surface area contributed by atoms with Crippen LogP contribution < -0.4 is 5.32 Å². The molecule has 2 rings (SSSR count). The van der Waals surface area contributed by atoms with Crippen LogP contribution in [0.25, 0.3) is 0 Å². The molecule has 0 aliphatic heterocycles. The number of hydrogen-bond acceptors (Lipinski definition) is 3. The van der Waals surface area contributed by atoms with Crippen molar-refractivity contribution in [1.29, 1.82) is 0 Å². The van der Waals surface area contributed by atoms with Crippen LogP contribution >= 0.6 is 22.9 Å². The molecule has 1 aliphatic rings. The van der Waals surface area contributed by atoms with Crippen molar-refractivity contribution in [2.45, 2.75) is 37.6 Å². The van der Waals surface area contributed by atoms with E-state index >= 15 is 0 Å². The molecule has 1 amide bonds. The molecular weight excluding hydrogens is 274 g/mol. The van der Waals surface area contributed by atoms with Gasteiger partial charge in [-0.1, -0.05) is 11.6 Å². The highest BCUT2D eigenvalue weighted by molar-refractivity contribution is 7.16. The Labute approximate surface area is 114 Å². The lowest BCUT2D eigenvalue weighted by atomic mass is 9.74. The lowest BCUT2D eigenvalue weighted by molar-refractivity contribution is -0.140. The number of hydrogen-bond donors (Lipinski definition) is 2. The maximum atomic E-state index is 11.9. The van der Waals surface area contributed by atoms with E-state index in [0.717, 1.165) is 24.1 Å². The standard InChI is InChI=1S/C12H14ClNO3S/c13-9-3-2-8(18-9)6-10(15)14-12(4-1-5-12)7-11(16)17/h2-3H,1,4-7H2,(H,14,15)(H,16,17). The van der Waals surface area contributed by atoms with Gasteiger partial charge >= 0.3 is 5.97 Å². The fourth-order valence-electron chi connectivity index (χ4n) is 2.18. The summed E-state index contributed by atoms with van der Waals surface area (Å²) in [6, 6.07) is 3.57. The van der Waals surface area contributed by atoms with Crippen LogP contribution in [-0.4, -0.2) is 22.5 Å². The monoisotopic (exact) mass is 287 g/mol. The fraction of sp³-hybridized carbons (Fsp3) is 0.500. The summed E-state index contributed by atoms with van der Waals surface area (Å²) in [5.74, 6) is -0.997. The van der Waals surface area contributed by atoms with E-state index in [1.165, 1.54) is 11.3 Å². The zero-order valence-corrected chi connectivity index (χ0v) is 11.3. The van der Waals surface area contributed by atoms with Crippen LogP contribution in [-0.2, 0) is 16.0 Å². The molecule has 1 aromatic heterocycles. The Morgan fingerprint density at radius 1 is 1.44 bits per heavy atom. The Morgan fingerprint density at radius 3 is 2.61 bits per heavy atom. The van der Waals surface area contributed by atoms with Crippen molar-refractivity contribution in [1.82, 2.24) is 5.32 Å². The molecule has 0 spiro atoms. The van der Waals surface area contributed by atoms with Crippen molar-refractivity contribution in [2.75, 3.05) is 0 Å². The number of carboxylic acid groups (broad SMARTS) is 1. The first-order chi connectivity index (χ1) is 8.49. The van der Waals surface area contributed by atoms with E-state index in [2.05, 4.69) is 5.32 Å². The first-order valence-electron chi connectivity index (χ1n) is 5.76. The van der Waals surface area contributed by atoms with E-state index in [1.54, 1.807) is 6.07 Å². The van der Waals surface area contributed by atoms with Gasteiger partial charge in [0.25, 0.3) is 0 Å². The molecule has 18 heavy (non-hydrogen) atoms. The first-order valence-corrected chi connectivity index (χ1v) is 6.96. The van der Waals surface area contributed by atoms with Gasteiger partial charge in [-0.05, 0) is 31.4 Å². The summed E-state index contributed by atoms with van der Waals surface area (Å²) in [7, 11) is 0. The van der Waals surface area contributed by atoms with Crippen LogP contribution in [0.3, 0.4) is 0 Å². The van der Waals surface area contributed by atoms with E-state index in [0.29, 0.717) is 4.34 Å². The number of aliphatic carboxylic acids is 1. The van der Waals surface area contributed by atoms with Crippen LogP contribution in [0.5, 0.6) is 0 Å². The van der Waals surface area contributed by atoms with Crippen LogP contribution in [0.15, 0.2) is 12.1 Å². The molecule has 98 valence electrons. The molecule has 0 radical (unpaired) electrons. The summed E-state index contributed by atoms with van der Waals surface area (Å²) in [5, 5.41) is 11.7. The average Bonchev–Trinajstić information content (AvgIpc) is 2.59. The van der Waals surface area contributed by atoms with Crippen molar-refractivity contribution < 1.29 is 14.7 Å². The van der Waals surface area contributed by atoms with Crippen LogP contribution in [0.4, 0.5) is 0 Å². The lowest BCUT2D eigenvalue weighted by Crippen LogP contribution is -2.55.